The van der Waals surface area contributed by atoms with Gasteiger partial charge in [0.15, 0.2) is 11.5 Å². The fourth-order valence-corrected chi connectivity index (χ4v) is 3.56. The number of benzene rings is 3. The number of nitrogens with one attached hydrogen (secondary N) is 1. The topological polar surface area (TPSA) is 30.5 Å². The van der Waals surface area contributed by atoms with Gasteiger partial charge in [-0.2, -0.15) is 0 Å². The minimum absolute atomic E-state index is 0.436. The van der Waals surface area contributed by atoms with Gasteiger partial charge in [0.25, 0.3) is 0 Å². The van der Waals surface area contributed by atoms with Crippen LogP contribution in [0.15, 0.2) is 60.7 Å². The average Bonchev–Trinajstić information content (AvgIpc) is 2.69. The molecule has 0 fully saturated rings. The molecule has 0 atom stereocenters. The molecule has 3 aromatic carbocycles. The van der Waals surface area contributed by atoms with Crippen molar-refractivity contribution in [3.8, 4) is 11.5 Å². The first-order chi connectivity index (χ1) is 14.1. The molecule has 0 radical (unpaired) electrons. The molecular formula is C24H25Cl2NO2. The number of hydrogen-bond donors (Lipinski definition) is 1. The number of halogens is 2. The zero-order chi connectivity index (χ0) is 20.6. The highest BCUT2D eigenvalue weighted by Gasteiger charge is 2.13. The minimum Gasteiger partial charge on any atom is -0.490 e. The Kier molecular flexibility index (Phi) is 7.82. The number of aryl methyl sites for hydroxylation is 1. The second-order valence-electron chi connectivity index (χ2n) is 6.81. The van der Waals surface area contributed by atoms with Crippen LogP contribution in [0.5, 0.6) is 11.5 Å². The Balaban J connectivity index is 1.69. The molecule has 0 spiro atoms. The third-order valence-electron chi connectivity index (χ3n) is 4.44. The molecule has 29 heavy (non-hydrogen) atoms. The summed E-state index contributed by atoms with van der Waals surface area (Å²) in [6.07, 6.45) is 0. The van der Waals surface area contributed by atoms with Crippen LogP contribution in [0.2, 0.25) is 10.0 Å². The van der Waals surface area contributed by atoms with Crippen molar-refractivity contribution in [2.45, 2.75) is 33.5 Å². The number of rotatable bonds is 9. The van der Waals surface area contributed by atoms with Crippen molar-refractivity contribution < 1.29 is 9.47 Å². The lowest BCUT2D eigenvalue weighted by atomic mass is 10.1. The lowest BCUT2D eigenvalue weighted by Crippen LogP contribution is -2.13. The molecular weight excluding hydrogens is 405 g/mol. The van der Waals surface area contributed by atoms with Crippen molar-refractivity contribution in [1.82, 2.24) is 5.32 Å². The molecule has 0 saturated heterocycles. The predicted octanol–water partition coefficient (Wildman–Crippen LogP) is 6.57. The second-order valence-corrected chi connectivity index (χ2v) is 7.63. The molecule has 0 bridgehead atoms. The zero-order valence-electron chi connectivity index (χ0n) is 16.7. The summed E-state index contributed by atoms with van der Waals surface area (Å²) in [6, 6.07) is 19.9. The summed E-state index contributed by atoms with van der Waals surface area (Å²) in [5.74, 6) is 1.23. The molecule has 3 rings (SSSR count). The van der Waals surface area contributed by atoms with Gasteiger partial charge in [0.1, 0.15) is 6.61 Å². The molecule has 0 amide bonds. The third-order valence-corrected chi connectivity index (χ3v) is 5.09. The number of ether oxygens (including phenoxy) is 2. The highest BCUT2D eigenvalue weighted by atomic mass is 35.5. The Morgan fingerprint density at radius 1 is 0.828 bits per heavy atom. The van der Waals surface area contributed by atoms with Gasteiger partial charge in [0.05, 0.1) is 11.6 Å². The highest BCUT2D eigenvalue weighted by Crippen LogP contribution is 2.37. The molecule has 0 unspecified atom stereocenters. The smallest absolute Gasteiger partial charge is 0.180 e. The van der Waals surface area contributed by atoms with Crippen LogP contribution in [0.25, 0.3) is 0 Å². The van der Waals surface area contributed by atoms with Gasteiger partial charge in [-0.15, -0.1) is 0 Å². The molecule has 0 aliphatic rings. The van der Waals surface area contributed by atoms with Crippen LogP contribution in [-0.4, -0.2) is 6.61 Å². The fraction of sp³-hybridized carbons (Fsp3) is 0.250. The Bertz CT molecular complexity index is 959. The van der Waals surface area contributed by atoms with E-state index in [1.807, 2.05) is 55.5 Å². The first kappa shape index (κ1) is 21.5. The molecule has 5 heteroatoms. The van der Waals surface area contributed by atoms with E-state index in [0.717, 1.165) is 21.7 Å². The van der Waals surface area contributed by atoms with Crippen molar-refractivity contribution in [3.63, 3.8) is 0 Å². The Hall–Kier alpha value is -2.20. The van der Waals surface area contributed by atoms with Gasteiger partial charge >= 0.3 is 0 Å². The maximum atomic E-state index is 6.54. The normalized spacial score (nSPS) is 10.8. The lowest BCUT2D eigenvalue weighted by Gasteiger charge is -2.16. The predicted molar refractivity (Wildman–Crippen MR) is 120 cm³/mol. The summed E-state index contributed by atoms with van der Waals surface area (Å²) in [5, 5.41) is 4.70. The van der Waals surface area contributed by atoms with Gasteiger partial charge < -0.3 is 14.8 Å². The van der Waals surface area contributed by atoms with Crippen LogP contribution in [0.1, 0.15) is 29.2 Å². The van der Waals surface area contributed by atoms with E-state index in [9.17, 15) is 0 Å². The van der Waals surface area contributed by atoms with Crippen LogP contribution in [0.3, 0.4) is 0 Å². The summed E-state index contributed by atoms with van der Waals surface area (Å²) in [5.41, 5.74) is 4.37. The monoisotopic (exact) mass is 429 g/mol. The lowest BCUT2D eigenvalue weighted by molar-refractivity contribution is 0.269. The molecule has 1 N–H and O–H groups in total. The van der Waals surface area contributed by atoms with Crippen molar-refractivity contribution in [2.24, 2.45) is 0 Å². The molecule has 0 aliphatic heterocycles. The fourth-order valence-electron chi connectivity index (χ4n) is 3.07. The van der Waals surface area contributed by atoms with Gasteiger partial charge in [0, 0.05) is 18.1 Å². The van der Waals surface area contributed by atoms with E-state index < -0.39 is 0 Å². The Labute approximate surface area is 182 Å². The van der Waals surface area contributed by atoms with E-state index in [-0.39, 0.29) is 0 Å². The second kappa shape index (κ2) is 10.5. The maximum Gasteiger partial charge on any atom is 0.180 e. The third kappa shape index (κ3) is 6.14. The van der Waals surface area contributed by atoms with Crippen LogP contribution in [0, 0.1) is 6.92 Å². The van der Waals surface area contributed by atoms with Crippen molar-refractivity contribution in [1.29, 1.82) is 0 Å². The van der Waals surface area contributed by atoms with Crippen LogP contribution in [0.4, 0.5) is 0 Å². The summed E-state index contributed by atoms with van der Waals surface area (Å²) < 4.78 is 11.8. The van der Waals surface area contributed by atoms with Crippen LogP contribution >= 0.6 is 23.2 Å². The zero-order valence-corrected chi connectivity index (χ0v) is 18.2. The van der Waals surface area contributed by atoms with E-state index in [1.165, 1.54) is 5.56 Å². The molecule has 0 aromatic heterocycles. The Morgan fingerprint density at radius 2 is 1.66 bits per heavy atom. The molecule has 0 saturated carbocycles. The van der Waals surface area contributed by atoms with Gasteiger partial charge in [-0.25, -0.2) is 0 Å². The first-order valence-electron chi connectivity index (χ1n) is 9.64. The molecule has 152 valence electrons. The molecule has 3 nitrogen and oxygen atoms in total. The van der Waals surface area contributed by atoms with Crippen LogP contribution < -0.4 is 14.8 Å². The summed E-state index contributed by atoms with van der Waals surface area (Å²) in [4.78, 5) is 0. The molecule has 0 heterocycles. The molecule has 3 aromatic rings. The summed E-state index contributed by atoms with van der Waals surface area (Å²) in [6.45, 7) is 6.29. The largest absolute Gasteiger partial charge is 0.490 e. The highest BCUT2D eigenvalue weighted by molar-refractivity contribution is 6.32. The quantitative estimate of drug-likeness (QED) is 0.417. The van der Waals surface area contributed by atoms with Gasteiger partial charge in [-0.1, -0.05) is 71.2 Å². The van der Waals surface area contributed by atoms with E-state index in [4.69, 9.17) is 32.7 Å². The summed E-state index contributed by atoms with van der Waals surface area (Å²) in [7, 11) is 0. The number of hydrogen-bond acceptors (Lipinski definition) is 3. The van der Waals surface area contributed by atoms with Crippen molar-refractivity contribution in [3.05, 3.63) is 93.0 Å². The van der Waals surface area contributed by atoms with Gasteiger partial charge in [-0.3, -0.25) is 0 Å². The summed E-state index contributed by atoms with van der Waals surface area (Å²) >= 11 is 12.8. The van der Waals surface area contributed by atoms with E-state index >= 15 is 0 Å². The van der Waals surface area contributed by atoms with Crippen molar-refractivity contribution >= 4 is 23.2 Å². The van der Waals surface area contributed by atoms with Crippen molar-refractivity contribution in [2.75, 3.05) is 6.61 Å². The van der Waals surface area contributed by atoms with E-state index in [0.29, 0.717) is 42.8 Å². The first-order valence-corrected chi connectivity index (χ1v) is 10.4. The van der Waals surface area contributed by atoms with Crippen LogP contribution in [-0.2, 0) is 19.7 Å². The Morgan fingerprint density at radius 3 is 2.41 bits per heavy atom. The van der Waals surface area contributed by atoms with Gasteiger partial charge in [0.2, 0.25) is 0 Å². The van der Waals surface area contributed by atoms with E-state index in [2.05, 4.69) is 24.4 Å². The van der Waals surface area contributed by atoms with E-state index in [1.54, 1.807) is 0 Å². The standard InChI is InChI=1S/C24H25Cl2NO2/c1-3-28-23-13-19(14-27-15-20-9-4-5-10-21(20)25)12-22(26)24(23)29-16-18-8-6-7-17(2)11-18/h4-13,27H,3,14-16H2,1-2H3. The minimum atomic E-state index is 0.436. The SMILES string of the molecule is CCOc1cc(CNCc2ccccc2Cl)cc(Cl)c1OCc1cccc(C)c1. The maximum absolute atomic E-state index is 6.54. The van der Waals surface area contributed by atoms with Gasteiger partial charge in [-0.05, 0) is 48.7 Å². The average molecular weight is 430 g/mol. The molecule has 0 aliphatic carbocycles.